The van der Waals surface area contributed by atoms with Gasteiger partial charge >= 0.3 is 11.9 Å². The van der Waals surface area contributed by atoms with Gasteiger partial charge in [-0.2, -0.15) is 0 Å². The molecule has 0 saturated heterocycles. The maximum atomic E-state index is 13.0. The summed E-state index contributed by atoms with van der Waals surface area (Å²) in [5.74, 6) is -2.24. The van der Waals surface area contributed by atoms with Crippen LogP contribution in [-0.2, 0) is 33.3 Å². The van der Waals surface area contributed by atoms with Crippen molar-refractivity contribution in [3.05, 3.63) is 36.5 Å². The fraction of sp³-hybridized carbons (Fsp3) is 0.902. The van der Waals surface area contributed by atoms with E-state index in [9.17, 15) is 19.5 Å². The van der Waals surface area contributed by atoms with E-state index >= 15 is 0 Å². The number of carboxylic acid groups (broad SMARTS) is 1. The molecule has 0 aliphatic heterocycles. The summed E-state index contributed by atoms with van der Waals surface area (Å²) in [7, 11) is 5.96. The van der Waals surface area contributed by atoms with Gasteiger partial charge in [0.2, 0.25) is 0 Å². The van der Waals surface area contributed by atoms with Crippen molar-refractivity contribution in [3.63, 3.8) is 0 Å². The number of carbonyl (C=O) groups excluding carboxylic acids is 3. The molecule has 0 rings (SSSR count). The topological polar surface area (TPSA) is 111 Å². The smallest absolute Gasteiger partial charge is 0.306 e. The second-order valence-corrected chi connectivity index (χ2v) is 32.3. The first-order valence-electron chi connectivity index (χ1n) is 45.1. The Hall–Kier alpha value is -2.49. The molecule has 596 valence electrons. The number of quaternary nitrogens is 1. The number of carboxylic acids is 1. The molecule has 2 atom stereocenters. The molecular weight excluding hydrogens is 1250 g/mol. The van der Waals surface area contributed by atoms with Gasteiger partial charge in [-0.1, -0.05) is 448 Å². The van der Waals surface area contributed by atoms with Crippen molar-refractivity contribution >= 4 is 17.9 Å². The van der Waals surface area contributed by atoms with Crippen molar-refractivity contribution in [2.45, 2.75) is 489 Å². The lowest BCUT2D eigenvalue weighted by atomic mass is 10.0. The van der Waals surface area contributed by atoms with E-state index in [0.29, 0.717) is 17.4 Å². The third-order valence-electron chi connectivity index (χ3n) is 20.9. The summed E-state index contributed by atoms with van der Waals surface area (Å²) in [6.45, 7) is 4.83. The maximum absolute atomic E-state index is 13.0. The first-order chi connectivity index (χ1) is 49.6. The quantitative estimate of drug-likeness (QED) is 0.0195. The fourth-order valence-electron chi connectivity index (χ4n) is 14.0. The van der Waals surface area contributed by atoms with Crippen LogP contribution in [0.2, 0.25) is 0 Å². The maximum Gasteiger partial charge on any atom is 0.306 e. The molecule has 9 nitrogen and oxygen atoms in total. The predicted molar refractivity (Wildman–Crippen MR) is 436 cm³/mol. The lowest BCUT2D eigenvalue weighted by Crippen LogP contribution is -2.44. The molecule has 0 aromatic carbocycles. The standard InChI is InChI=1S/C92H175NO8/c1-6-8-10-12-14-16-18-20-22-24-26-28-30-32-34-36-38-40-42-44-45-47-49-51-53-55-57-59-61-63-65-67-69-71-73-75-77-79-81-83-90(95)101-88(87-100-92(91(96)97)98-85-84-93(3,4)5)86-99-89(94)82-80-78-76-74-72-70-68-66-64-62-60-58-56-54-52-50-48-46-43-41-39-37-35-33-31-29-27-25-23-21-19-17-15-13-11-9-7-2/h18,20,24,26,30,32,88,92H,6-17,19,21-23,25,27-29,31,33-87H2,1-5H3/b20-18-,26-24-,32-30-. The molecule has 0 saturated carbocycles. The molecule has 101 heavy (non-hydrogen) atoms. The highest BCUT2D eigenvalue weighted by Crippen LogP contribution is 2.21. The number of esters is 2. The largest absolute Gasteiger partial charge is 0.545 e. The van der Waals surface area contributed by atoms with E-state index < -0.39 is 24.3 Å². The Morgan fingerprint density at radius 2 is 0.535 bits per heavy atom. The van der Waals surface area contributed by atoms with E-state index in [1.165, 1.54) is 398 Å². The Bertz CT molecular complexity index is 1760. The van der Waals surface area contributed by atoms with Gasteiger partial charge in [0.15, 0.2) is 12.4 Å². The minimum Gasteiger partial charge on any atom is -0.545 e. The number of aliphatic carboxylic acids is 1. The summed E-state index contributed by atoms with van der Waals surface area (Å²) >= 11 is 0. The number of nitrogens with zero attached hydrogens (tertiary/aromatic N) is 1. The minimum atomic E-state index is -1.62. The molecule has 0 fully saturated rings. The average molecular weight is 1420 g/mol. The van der Waals surface area contributed by atoms with Crippen LogP contribution in [-0.4, -0.2) is 82.3 Å². The highest BCUT2D eigenvalue weighted by Gasteiger charge is 2.22. The van der Waals surface area contributed by atoms with Crippen LogP contribution in [0.3, 0.4) is 0 Å². The second kappa shape index (κ2) is 83.2. The molecule has 0 aliphatic rings. The molecular formula is C92H175NO8. The Kier molecular flexibility index (Phi) is 81.1. The third-order valence-corrected chi connectivity index (χ3v) is 20.9. The zero-order valence-corrected chi connectivity index (χ0v) is 68.6. The van der Waals surface area contributed by atoms with Crippen LogP contribution in [0.25, 0.3) is 0 Å². The molecule has 0 aliphatic carbocycles. The van der Waals surface area contributed by atoms with Gasteiger partial charge in [0.05, 0.1) is 40.3 Å². The van der Waals surface area contributed by atoms with E-state index in [4.69, 9.17) is 18.9 Å². The normalized spacial score (nSPS) is 12.7. The van der Waals surface area contributed by atoms with Crippen LogP contribution >= 0.6 is 0 Å². The number of ether oxygens (including phenoxy) is 4. The molecule has 0 aromatic heterocycles. The lowest BCUT2D eigenvalue weighted by molar-refractivity contribution is -0.870. The predicted octanol–water partition coefficient (Wildman–Crippen LogP) is 28.1. The van der Waals surface area contributed by atoms with Crippen LogP contribution in [0.15, 0.2) is 36.5 Å². The number of allylic oxidation sites excluding steroid dienone is 6. The zero-order valence-electron chi connectivity index (χ0n) is 68.6. The van der Waals surface area contributed by atoms with Crippen molar-refractivity contribution in [1.29, 1.82) is 0 Å². The summed E-state index contributed by atoms with van der Waals surface area (Å²) in [5, 5.41) is 11.9. The number of carbonyl (C=O) groups is 3. The van der Waals surface area contributed by atoms with Crippen molar-refractivity contribution in [2.24, 2.45) is 0 Å². The van der Waals surface area contributed by atoms with E-state index in [2.05, 4.69) is 50.3 Å². The van der Waals surface area contributed by atoms with Gasteiger partial charge in [0, 0.05) is 12.8 Å². The van der Waals surface area contributed by atoms with Gasteiger partial charge in [0.1, 0.15) is 13.2 Å². The highest BCUT2D eigenvalue weighted by atomic mass is 16.7. The van der Waals surface area contributed by atoms with Crippen LogP contribution in [0, 0.1) is 0 Å². The van der Waals surface area contributed by atoms with E-state index in [-0.39, 0.29) is 32.2 Å². The molecule has 0 N–H and O–H groups in total. The van der Waals surface area contributed by atoms with E-state index in [1.54, 1.807) is 0 Å². The number of hydrogen-bond donors (Lipinski definition) is 0. The van der Waals surface area contributed by atoms with Crippen molar-refractivity contribution in [3.8, 4) is 0 Å². The van der Waals surface area contributed by atoms with Gasteiger partial charge in [-0.3, -0.25) is 9.59 Å². The molecule has 2 unspecified atom stereocenters. The van der Waals surface area contributed by atoms with Gasteiger partial charge in [0.25, 0.3) is 0 Å². The molecule has 0 radical (unpaired) electrons. The van der Waals surface area contributed by atoms with Gasteiger partial charge in [-0.15, -0.1) is 0 Å². The fourth-order valence-corrected chi connectivity index (χ4v) is 14.0. The van der Waals surface area contributed by atoms with Crippen LogP contribution < -0.4 is 5.11 Å². The molecule has 0 bridgehead atoms. The van der Waals surface area contributed by atoms with E-state index in [1.807, 2.05) is 21.1 Å². The van der Waals surface area contributed by atoms with Crippen molar-refractivity contribution in [1.82, 2.24) is 0 Å². The highest BCUT2D eigenvalue weighted by molar-refractivity contribution is 5.70. The molecule has 9 heteroatoms. The Labute approximate surface area is 630 Å². The monoisotopic (exact) mass is 1420 g/mol. The SMILES string of the molecule is CCCCCCC/C=C\C/C=C\C/C=C\CCCCCCCCCCCCCCCCCCCCCCCCCCC(=O)OC(COC(=O)CCCCCCCCCCCCCCCCCCCCCCCCCCCCCCCCCCCCCCC)COC(OCC[N+](C)(C)C)C(=O)[O-]. The number of hydrogen-bond acceptors (Lipinski definition) is 8. The van der Waals surface area contributed by atoms with E-state index in [0.717, 1.165) is 51.4 Å². The Morgan fingerprint density at radius 3 is 0.792 bits per heavy atom. The Morgan fingerprint density at radius 1 is 0.297 bits per heavy atom. The summed E-state index contributed by atoms with van der Waals surface area (Å²) in [5.41, 5.74) is 0. The summed E-state index contributed by atoms with van der Waals surface area (Å²) < 4.78 is 22.9. The first-order valence-corrected chi connectivity index (χ1v) is 45.1. The first kappa shape index (κ1) is 98.5. The summed E-state index contributed by atoms with van der Waals surface area (Å²) in [6, 6.07) is 0. The lowest BCUT2D eigenvalue weighted by Gasteiger charge is -2.26. The van der Waals surface area contributed by atoms with Gasteiger partial charge < -0.3 is 33.3 Å². The molecule has 0 spiro atoms. The van der Waals surface area contributed by atoms with Crippen molar-refractivity contribution in [2.75, 3.05) is 47.5 Å². The third kappa shape index (κ3) is 84.6. The second-order valence-electron chi connectivity index (χ2n) is 32.3. The van der Waals surface area contributed by atoms with Crippen LogP contribution in [0.1, 0.15) is 476 Å². The zero-order chi connectivity index (χ0) is 73.2. The average Bonchev–Trinajstić information content (AvgIpc) is 1.21. The van der Waals surface area contributed by atoms with Crippen molar-refractivity contribution < 1.29 is 42.9 Å². The Balaban J connectivity index is 3.89. The summed E-state index contributed by atoms with van der Waals surface area (Å²) in [4.78, 5) is 37.7. The minimum absolute atomic E-state index is 0.152. The summed E-state index contributed by atoms with van der Waals surface area (Å²) in [6.07, 6.45) is 106. The van der Waals surface area contributed by atoms with Crippen LogP contribution in [0.5, 0.6) is 0 Å². The number of rotatable bonds is 86. The number of unbranched alkanes of at least 4 members (excludes halogenated alkanes) is 65. The number of likely N-dealkylation sites (N-methyl/N-ethyl adjacent to an activating group) is 1. The van der Waals surface area contributed by atoms with Gasteiger partial charge in [-0.05, 0) is 51.4 Å². The molecule has 0 amide bonds. The van der Waals surface area contributed by atoms with Crippen LogP contribution in [0.4, 0.5) is 0 Å². The molecule has 0 aromatic rings. The molecule has 0 heterocycles. The van der Waals surface area contributed by atoms with Gasteiger partial charge in [-0.25, -0.2) is 0 Å².